The molecule has 3 aromatic heterocycles. The fraction of sp³-hybridized carbons (Fsp3) is 0.200. The first-order valence-electron chi connectivity index (χ1n) is 8.88. The van der Waals surface area contributed by atoms with Crippen LogP contribution in [0.5, 0.6) is 0 Å². The summed E-state index contributed by atoms with van der Waals surface area (Å²) >= 11 is 0. The van der Waals surface area contributed by atoms with E-state index in [1.807, 2.05) is 58.0 Å². The van der Waals surface area contributed by atoms with Gasteiger partial charge in [-0.25, -0.2) is 4.98 Å². The van der Waals surface area contributed by atoms with Crippen LogP contribution < -0.4 is 0 Å². The van der Waals surface area contributed by atoms with Gasteiger partial charge in [0, 0.05) is 42.5 Å². The molecule has 1 amide bonds. The lowest BCUT2D eigenvalue weighted by Gasteiger charge is -2.16. The van der Waals surface area contributed by atoms with E-state index in [-0.39, 0.29) is 11.8 Å². The highest BCUT2D eigenvalue weighted by Gasteiger charge is 2.29. The number of furan rings is 1. The molecule has 1 fully saturated rings. The molecule has 5 rings (SSSR count). The highest BCUT2D eigenvalue weighted by molar-refractivity contribution is 5.94. The second-order valence-corrected chi connectivity index (χ2v) is 6.64. The summed E-state index contributed by atoms with van der Waals surface area (Å²) in [6.07, 6.45) is 6.16. The quantitative estimate of drug-likeness (QED) is 0.562. The van der Waals surface area contributed by atoms with Gasteiger partial charge in [-0.05, 0) is 36.8 Å². The average Bonchev–Trinajstić information content (AvgIpc) is 3.47. The predicted molar refractivity (Wildman–Crippen MR) is 98.2 cm³/mol. The van der Waals surface area contributed by atoms with Crippen molar-refractivity contribution in [1.29, 1.82) is 0 Å². The largest absolute Gasteiger partial charge is 0.469 e. The molecule has 4 aromatic rings. The van der Waals surface area contributed by atoms with E-state index in [0.717, 1.165) is 24.3 Å². The van der Waals surface area contributed by atoms with E-state index in [1.54, 1.807) is 12.5 Å². The smallest absolute Gasteiger partial charge is 0.255 e. The van der Waals surface area contributed by atoms with Gasteiger partial charge >= 0.3 is 0 Å². The second kappa shape index (κ2) is 6.35. The maximum Gasteiger partial charge on any atom is 0.255 e. The number of hydrogen-bond acceptors (Lipinski definition) is 5. The molecule has 0 spiro atoms. The van der Waals surface area contributed by atoms with Crippen molar-refractivity contribution in [2.75, 3.05) is 13.1 Å². The first kappa shape index (κ1) is 15.7. The Bertz CT molecular complexity index is 1090. The number of aromatic nitrogens is 4. The molecule has 1 unspecified atom stereocenters. The number of fused-ring (bicyclic) bond motifs is 1. The minimum absolute atomic E-state index is 0.0448. The van der Waals surface area contributed by atoms with E-state index in [4.69, 9.17) is 4.42 Å². The van der Waals surface area contributed by atoms with E-state index < -0.39 is 0 Å². The summed E-state index contributed by atoms with van der Waals surface area (Å²) in [7, 11) is 0. The lowest BCUT2D eigenvalue weighted by Crippen LogP contribution is -2.28. The maximum atomic E-state index is 12.8. The minimum Gasteiger partial charge on any atom is -0.469 e. The first-order chi connectivity index (χ1) is 13.3. The van der Waals surface area contributed by atoms with Crippen LogP contribution >= 0.6 is 0 Å². The van der Waals surface area contributed by atoms with Gasteiger partial charge in [-0.1, -0.05) is 12.1 Å². The van der Waals surface area contributed by atoms with Crippen molar-refractivity contribution in [3.05, 3.63) is 72.4 Å². The average molecular weight is 359 g/mol. The minimum atomic E-state index is 0.0448. The highest BCUT2D eigenvalue weighted by Crippen LogP contribution is 2.28. The summed E-state index contributed by atoms with van der Waals surface area (Å²) in [6.45, 7) is 1.43. The molecule has 0 saturated carbocycles. The van der Waals surface area contributed by atoms with Gasteiger partial charge < -0.3 is 9.32 Å². The molecule has 1 atom stereocenters. The maximum absolute atomic E-state index is 12.8. The summed E-state index contributed by atoms with van der Waals surface area (Å²) < 4.78 is 7.31. The molecular weight excluding hydrogens is 342 g/mol. The Morgan fingerprint density at radius 1 is 1.11 bits per heavy atom. The van der Waals surface area contributed by atoms with Crippen LogP contribution in [0.15, 0.2) is 65.5 Å². The number of benzene rings is 1. The Labute approximate surface area is 155 Å². The molecule has 0 N–H and O–H groups in total. The Hall–Kier alpha value is -3.48. The summed E-state index contributed by atoms with van der Waals surface area (Å²) in [5.74, 6) is 2.53. The van der Waals surface area contributed by atoms with Gasteiger partial charge in [-0.2, -0.15) is 0 Å². The summed E-state index contributed by atoms with van der Waals surface area (Å²) in [5.41, 5.74) is 1.56. The Balaban J connectivity index is 1.35. The van der Waals surface area contributed by atoms with Gasteiger partial charge in [0.2, 0.25) is 0 Å². The van der Waals surface area contributed by atoms with Crippen molar-refractivity contribution in [3.63, 3.8) is 0 Å². The number of carbonyl (C=O) groups is 1. The zero-order valence-corrected chi connectivity index (χ0v) is 14.5. The van der Waals surface area contributed by atoms with Crippen molar-refractivity contribution < 1.29 is 9.21 Å². The SMILES string of the molecule is O=C(c1ccc(-c2nnc3ncccn23)cc1)N1CCC(c2ccco2)C1. The number of rotatable bonds is 3. The fourth-order valence-corrected chi connectivity index (χ4v) is 3.58. The molecule has 1 aromatic carbocycles. The Morgan fingerprint density at radius 3 is 2.81 bits per heavy atom. The lowest BCUT2D eigenvalue weighted by atomic mass is 10.1. The Morgan fingerprint density at radius 2 is 2.00 bits per heavy atom. The van der Waals surface area contributed by atoms with Gasteiger partial charge in [-0.3, -0.25) is 9.20 Å². The number of hydrogen-bond donors (Lipinski definition) is 0. The molecule has 27 heavy (non-hydrogen) atoms. The van der Waals surface area contributed by atoms with Gasteiger partial charge in [0.25, 0.3) is 11.7 Å². The molecule has 0 radical (unpaired) electrons. The van der Waals surface area contributed by atoms with Crippen LogP contribution in [0.4, 0.5) is 0 Å². The van der Waals surface area contributed by atoms with Gasteiger partial charge in [0.1, 0.15) is 5.76 Å². The number of carbonyl (C=O) groups excluding carboxylic acids is 1. The van der Waals surface area contributed by atoms with Crippen LogP contribution in [-0.4, -0.2) is 43.5 Å². The van der Waals surface area contributed by atoms with Gasteiger partial charge in [0.05, 0.1) is 6.26 Å². The van der Waals surface area contributed by atoms with Gasteiger partial charge in [-0.15, -0.1) is 10.2 Å². The summed E-state index contributed by atoms with van der Waals surface area (Å²) in [6, 6.07) is 13.2. The van der Waals surface area contributed by atoms with Crippen molar-refractivity contribution >= 4 is 11.7 Å². The fourth-order valence-electron chi connectivity index (χ4n) is 3.58. The number of nitrogens with zero attached hydrogens (tertiary/aromatic N) is 5. The van der Waals surface area contributed by atoms with E-state index >= 15 is 0 Å². The molecule has 1 aliphatic heterocycles. The zero-order chi connectivity index (χ0) is 18.2. The standard InChI is InChI=1S/C20H17N5O2/c26-19(24-11-8-16(13-24)17-3-1-12-27-17)15-6-4-14(5-7-15)18-22-23-20-21-9-2-10-25(18)20/h1-7,9-10,12,16H,8,11,13H2. The summed E-state index contributed by atoms with van der Waals surface area (Å²) in [5, 5.41) is 8.27. The predicted octanol–water partition coefficient (Wildman–Crippen LogP) is 3.01. The van der Waals surface area contributed by atoms with Crippen molar-refractivity contribution in [2.45, 2.75) is 12.3 Å². The molecule has 0 aliphatic carbocycles. The van der Waals surface area contributed by atoms with E-state index in [0.29, 0.717) is 23.7 Å². The van der Waals surface area contributed by atoms with E-state index in [1.165, 1.54) is 0 Å². The topological polar surface area (TPSA) is 76.5 Å². The molecule has 7 heteroatoms. The van der Waals surface area contributed by atoms with E-state index in [9.17, 15) is 4.79 Å². The summed E-state index contributed by atoms with van der Waals surface area (Å²) in [4.78, 5) is 18.9. The lowest BCUT2D eigenvalue weighted by molar-refractivity contribution is 0.0790. The van der Waals surface area contributed by atoms with Crippen LogP contribution in [0, 0.1) is 0 Å². The van der Waals surface area contributed by atoms with Crippen molar-refractivity contribution in [1.82, 2.24) is 24.5 Å². The Kier molecular flexibility index (Phi) is 3.71. The number of likely N-dealkylation sites (tertiary alicyclic amines) is 1. The molecule has 1 saturated heterocycles. The van der Waals surface area contributed by atoms with Crippen LogP contribution in [0.2, 0.25) is 0 Å². The van der Waals surface area contributed by atoms with Crippen molar-refractivity contribution in [2.24, 2.45) is 0 Å². The molecule has 134 valence electrons. The molecule has 7 nitrogen and oxygen atoms in total. The molecule has 4 heterocycles. The molecule has 0 bridgehead atoms. The van der Waals surface area contributed by atoms with Crippen LogP contribution in [0.25, 0.3) is 17.2 Å². The third-order valence-corrected chi connectivity index (χ3v) is 5.00. The van der Waals surface area contributed by atoms with Crippen LogP contribution in [-0.2, 0) is 0 Å². The second-order valence-electron chi connectivity index (χ2n) is 6.64. The normalized spacial score (nSPS) is 16.9. The third kappa shape index (κ3) is 2.77. The van der Waals surface area contributed by atoms with Gasteiger partial charge in [0.15, 0.2) is 5.82 Å². The first-order valence-corrected chi connectivity index (χ1v) is 8.88. The zero-order valence-electron chi connectivity index (χ0n) is 14.5. The highest BCUT2D eigenvalue weighted by atomic mass is 16.3. The monoisotopic (exact) mass is 359 g/mol. The third-order valence-electron chi connectivity index (χ3n) is 5.00. The van der Waals surface area contributed by atoms with E-state index in [2.05, 4.69) is 15.2 Å². The molecule has 1 aliphatic rings. The molecular formula is C20H17N5O2. The van der Waals surface area contributed by atoms with Crippen LogP contribution in [0.3, 0.4) is 0 Å². The van der Waals surface area contributed by atoms with Crippen molar-refractivity contribution in [3.8, 4) is 11.4 Å². The van der Waals surface area contributed by atoms with Crippen LogP contribution in [0.1, 0.15) is 28.5 Å². The number of amides is 1.